The van der Waals surface area contributed by atoms with Gasteiger partial charge in [-0.3, -0.25) is 4.79 Å². The van der Waals surface area contributed by atoms with Gasteiger partial charge in [-0.2, -0.15) is 0 Å². The largest absolute Gasteiger partial charge is 0.481 e. The van der Waals surface area contributed by atoms with Crippen molar-refractivity contribution in [2.45, 2.75) is 78.4 Å². The number of hydrogen-bond donors (Lipinski definition) is 3. The fourth-order valence-electron chi connectivity index (χ4n) is 3.64. The van der Waals surface area contributed by atoms with Crippen LogP contribution >= 0.6 is 0 Å². The highest BCUT2D eigenvalue weighted by Gasteiger charge is 2.26. The first kappa shape index (κ1) is 28.4. The molecule has 0 aliphatic rings. The maximum atomic E-state index is 11.6. The van der Waals surface area contributed by atoms with E-state index >= 15 is 0 Å². The third kappa shape index (κ3) is 9.46. The first-order chi connectivity index (χ1) is 14.5. The van der Waals surface area contributed by atoms with Gasteiger partial charge >= 0.3 is 5.97 Å². The van der Waals surface area contributed by atoms with Crippen molar-refractivity contribution >= 4 is 15.8 Å². The van der Waals surface area contributed by atoms with E-state index in [0.717, 1.165) is 17.4 Å². The molecular weight excluding hydrogens is 430 g/mol. The molecule has 0 aromatic heterocycles. The summed E-state index contributed by atoms with van der Waals surface area (Å²) in [7, 11) is -3.28. The average Bonchev–Trinajstić information content (AvgIpc) is 2.64. The van der Waals surface area contributed by atoms with E-state index in [-0.39, 0.29) is 29.6 Å². The smallest absolute Gasteiger partial charge is 0.306 e. The number of carboxylic acids is 1. The second kappa shape index (κ2) is 11.5. The predicted molar refractivity (Wildman–Crippen MR) is 128 cm³/mol. The lowest BCUT2D eigenvalue weighted by Gasteiger charge is -2.28. The molecule has 0 fully saturated rings. The Hall–Kier alpha value is -1.64. The molecule has 0 heterocycles. The Morgan fingerprint density at radius 3 is 2.22 bits per heavy atom. The van der Waals surface area contributed by atoms with Crippen molar-refractivity contribution in [1.29, 1.82) is 0 Å². The number of benzene rings is 1. The molecule has 1 rings (SSSR count). The van der Waals surface area contributed by atoms with Gasteiger partial charge in [-0.15, -0.1) is 0 Å². The van der Waals surface area contributed by atoms with E-state index in [1.165, 1.54) is 0 Å². The van der Waals surface area contributed by atoms with E-state index < -0.39 is 33.9 Å². The Kier molecular flexibility index (Phi) is 10.2. The lowest BCUT2D eigenvalue weighted by Crippen LogP contribution is -2.39. The molecule has 7 nitrogen and oxygen atoms in total. The highest BCUT2D eigenvalue weighted by Crippen LogP contribution is 2.34. The molecule has 1 aromatic carbocycles. The SMILES string of the molecule is CC(C)[C@@H](Cc1ccc(C(C)(C)C)c(OCS(C)(=O)=O)c1)C[C@H](N)[C@@H](O)C[C@@H](C)C(=O)O. The Morgan fingerprint density at radius 2 is 1.75 bits per heavy atom. The van der Waals surface area contributed by atoms with Crippen LogP contribution in [0.25, 0.3) is 0 Å². The third-order valence-corrected chi connectivity index (χ3v) is 6.36. The zero-order chi connectivity index (χ0) is 24.9. The number of rotatable bonds is 12. The standard InChI is InChI=1S/C24H41NO6S/c1-15(2)18(13-20(25)21(26)10-16(3)23(27)28)11-17-8-9-19(24(4,5)6)22(12-17)31-14-32(7,29)30/h8-9,12,15-16,18,20-21,26H,10-11,13-14,25H2,1-7H3,(H,27,28)/t16-,18+,20+,21+/m1/s1. The molecule has 0 saturated heterocycles. The summed E-state index contributed by atoms with van der Waals surface area (Å²) in [6.07, 6.45) is 1.60. The van der Waals surface area contributed by atoms with Crippen LogP contribution in [0.2, 0.25) is 0 Å². The third-order valence-electron chi connectivity index (χ3n) is 5.81. The minimum atomic E-state index is -3.28. The molecule has 0 amide bonds. The number of sulfone groups is 1. The monoisotopic (exact) mass is 471 g/mol. The van der Waals surface area contributed by atoms with Crippen LogP contribution in [0.1, 0.15) is 65.5 Å². The molecule has 0 aliphatic carbocycles. The van der Waals surface area contributed by atoms with Crippen LogP contribution in [0.5, 0.6) is 5.75 Å². The van der Waals surface area contributed by atoms with Gasteiger partial charge in [0.05, 0.1) is 12.0 Å². The molecule has 184 valence electrons. The molecule has 4 atom stereocenters. The van der Waals surface area contributed by atoms with E-state index in [0.29, 0.717) is 18.6 Å². The van der Waals surface area contributed by atoms with E-state index in [1.807, 2.05) is 39.0 Å². The summed E-state index contributed by atoms with van der Waals surface area (Å²) in [5.41, 5.74) is 7.95. The fraction of sp³-hybridized carbons (Fsp3) is 0.708. The van der Waals surface area contributed by atoms with Gasteiger partial charge in [0.1, 0.15) is 5.75 Å². The van der Waals surface area contributed by atoms with Crippen LogP contribution in [0.15, 0.2) is 18.2 Å². The molecule has 0 aliphatic heterocycles. The summed E-state index contributed by atoms with van der Waals surface area (Å²) >= 11 is 0. The lowest BCUT2D eigenvalue weighted by atomic mass is 9.81. The Balaban J connectivity index is 3.05. The van der Waals surface area contributed by atoms with Gasteiger partial charge in [-0.25, -0.2) is 8.42 Å². The van der Waals surface area contributed by atoms with Crippen molar-refractivity contribution in [2.24, 2.45) is 23.5 Å². The van der Waals surface area contributed by atoms with Crippen molar-refractivity contribution in [2.75, 3.05) is 12.2 Å². The van der Waals surface area contributed by atoms with Gasteiger partial charge in [0.25, 0.3) is 0 Å². The van der Waals surface area contributed by atoms with Crippen LogP contribution in [-0.4, -0.2) is 48.9 Å². The molecule has 0 spiro atoms. The number of nitrogens with two attached hydrogens (primary N) is 1. The van der Waals surface area contributed by atoms with Gasteiger partial charge in [0.15, 0.2) is 15.8 Å². The van der Waals surface area contributed by atoms with Crippen LogP contribution in [0.4, 0.5) is 0 Å². The number of hydrogen-bond acceptors (Lipinski definition) is 6. The predicted octanol–water partition coefficient (Wildman–Crippen LogP) is 3.37. The fourth-order valence-corrected chi connectivity index (χ4v) is 3.98. The highest BCUT2D eigenvalue weighted by molar-refractivity contribution is 7.90. The van der Waals surface area contributed by atoms with Crippen LogP contribution in [0, 0.1) is 17.8 Å². The number of carbonyl (C=O) groups is 1. The summed E-state index contributed by atoms with van der Waals surface area (Å²) in [6, 6.07) is 5.38. The summed E-state index contributed by atoms with van der Waals surface area (Å²) in [5.74, 6) is -0.991. The molecule has 0 saturated carbocycles. The summed E-state index contributed by atoms with van der Waals surface area (Å²) in [4.78, 5) is 11.1. The lowest BCUT2D eigenvalue weighted by molar-refractivity contribution is -0.142. The maximum absolute atomic E-state index is 11.6. The van der Waals surface area contributed by atoms with Crippen molar-refractivity contribution < 1.29 is 28.2 Å². The average molecular weight is 472 g/mol. The summed E-state index contributed by atoms with van der Waals surface area (Å²) < 4.78 is 28.9. The number of ether oxygens (including phenoxy) is 1. The summed E-state index contributed by atoms with van der Waals surface area (Å²) in [6.45, 7) is 11.9. The van der Waals surface area contributed by atoms with Gasteiger partial charge in [-0.05, 0) is 53.7 Å². The first-order valence-corrected chi connectivity index (χ1v) is 13.2. The van der Waals surface area contributed by atoms with E-state index in [2.05, 4.69) is 13.8 Å². The van der Waals surface area contributed by atoms with Gasteiger partial charge < -0.3 is 20.7 Å². The summed E-state index contributed by atoms with van der Waals surface area (Å²) in [5, 5.41) is 19.5. The van der Waals surface area contributed by atoms with Gasteiger partial charge in [-0.1, -0.05) is 53.7 Å². The van der Waals surface area contributed by atoms with E-state index in [9.17, 15) is 18.3 Å². The second-order valence-electron chi connectivity index (χ2n) is 10.4. The molecule has 4 N–H and O–H groups in total. The highest BCUT2D eigenvalue weighted by atomic mass is 32.2. The van der Waals surface area contributed by atoms with E-state index in [4.69, 9.17) is 15.6 Å². The molecule has 0 radical (unpaired) electrons. The molecule has 0 unspecified atom stereocenters. The number of aliphatic hydroxyl groups excluding tert-OH is 1. The van der Waals surface area contributed by atoms with Gasteiger partial charge in [0, 0.05) is 12.3 Å². The number of carboxylic acid groups (broad SMARTS) is 1. The topological polar surface area (TPSA) is 127 Å². The quantitative estimate of drug-likeness (QED) is 0.426. The zero-order valence-corrected chi connectivity index (χ0v) is 21.3. The van der Waals surface area contributed by atoms with E-state index in [1.54, 1.807) is 6.92 Å². The van der Waals surface area contributed by atoms with Crippen molar-refractivity contribution in [3.05, 3.63) is 29.3 Å². The van der Waals surface area contributed by atoms with Crippen LogP contribution in [0.3, 0.4) is 0 Å². The van der Waals surface area contributed by atoms with Crippen molar-refractivity contribution in [3.8, 4) is 5.75 Å². The van der Waals surface area contributed by atoms with Gasteiger partial charge in [0.2, 0.25) is 0 Å². The molecule has 0 bridgehead atoms. The molecule has 8 heteroatoms. The maximum Gasteiger partial charge on any atom is 0.306 e. The minimum absolute atomic E-state index is 0.116. The Bertz CT molecular complexity index is 860. The molecular formula is C24H41NO6S. The molecule has 1 aromatic rings. The Labute approximate surface area is 193 Å². The van der Waals surface area contributed by atoms with Crippen molar-refractivity contribution in [1.82, 2.24) is 0 Å². The zero-order valence-electron chi connectivity index (χ0n) is 20.5. The second-order valence-corrected chi connectivity index (χ2v) is 12.5. The Morgan fingerprint density at radius 1 is 1.16 bits per heavy atom. The van der Waals surface area contributed by atoms with Crippen molar-refractivity contribution in [3.63, 3.8) is 0 Å². The minimum Gasteiger partial charge on any atom is -0.481 e. The number of aliphatic hydroxyl groups is 1. The van der Waals surface area contributed by atoms with Crippen LogP contribution < -0.4 is 10.5 Å². The number of aliphatic carboxylic acids is 1. The first-order valence-electron chi connectivity index (χ1n) is 11.1. The normalized spacial score (nSPS) is 16.4. The molecule has 32 heavy (non-hydrogen) atoms. The van der Waals surface area contributed by atoms with Crippen LogP contribution in [-0.2, 0) is 26.5 Å².